The van der Waals surface area contributed by atoms with Crippen LogP contribution in [0.1, 0.15) is 25.0 Å². The van der Waals surface area contributed by atoms with E-state index in [9.17, 15) is 0 Å². The molecule has 1 aromatic rings. The lowest BCUT2D eigenvalue weighted by molar-refractivity contribution is 0.318. The maximum absolute atomic E-state index is 5.34. The van der Waals surface area contributed by atoms with E-state index in [4.69, 9.17) is 9.15 Å². The molecule has 1 aliphatic heterocycles. The Kier molecular flexibility index (Phi) is 2.34. The van der Waals surface area contributed by atoms with Gasteiger partial charge in [0.25, 0.3) is 0 Å². The molecule has 1 unspecified atom stereocenters. The normalized spacial score (nSPS) is 21.6. The van der Waals surface area contributed by atoms with E-state index in [0.717, 1.165) is 24.6 Å². The molecule has 13 heavy (non-hydrogen) atoms. The predicted molar refractivity (Wildman–Crippen MR) is 50.0 cm³/mol. The monoisotopic (exact) mass is 179 g/mol. The SMILES string of the molecule is CCOC1=NCC(c2ccco2)C1. The van der Waals surface area contributed by atoms with Crippen LogP contribution in [-0.4, -0.2) is 19.0 Å². The highest BCUT2D eigenvalue weighted by atomic mass is 16.5. The van der Waals surface area contributed by atoms with Crippen LogP contribution in [0.15, 0.2) is 27.8 Å². The molecule has 3 nitrogen and oxygen atoms in total. The summed E-state index contributed by atoms with van der Waals surface area (Å²) in [5, 5.41) is 0. The molecule has 3 heteroatoms. The highest BCUT2D eigenvalue weighted by Gasteiger charge is 2.23. The zero-order valence-corrected chi connectivity index (χ0v) is 7.69. The van der Waals surface area contributed by atoms with E-state index in [0.29, 0.717) is 12.5 Å². The van der Waals surface area contributed by atoms with Crippen molar-refractivity contribution >= 4 is 5.90 Å². The summed E-state index contributed by atoms with van der Waals surface area (Å²) >= 11 is 0. The highest BCUT2D eigenvalue weighted by Crippen LogP contribution is 2.25. The Morgan fingerprint density at radius 3 is 3.31 bits per heavy atom. The Bertz CT molecular complexity index is 290. The number of rotatable bonds is 2. The van der Waals surface area contributed by atoms with E-state index >= 15 is 0 Å². The number of ether oxygens (including phenoxy) is 1. The van der Waals surface area contributed by atoms with Crippen LogP contribution in [0.2, 0.25) is 0 Å². The Balaban J connectivity index is 1.95. The van der Waals surface area contributed by atoms with Gasteiger partial charge in [-0.3, -0.25) is 4.99 Å². The van der Waals surface area contributed by atoms with E-state index in [1.807, 2.05) is 19.1 Å². The van der Waals surface area contributed by atoms with Crippen molar-refractivity contribution in [1.29, 1.82) is 0 Å². The summed E-state index contributed by atoms with van der Waals surface area (Å²) in [5.74, 6) is 2.26. The Hall–Kier alpha value is -1.25. The summed E-state index contributed by atoms with van der Waals surface area (Å²) in [7, 11) is 0. The molecule has 2 heterocycles. The van der Waals surface area contributed by atoms with Crippen LogP contribution < -0.4 is 0 Å². The fourth-order valence-corrected chi connectivity index (χ4v) is 1.54. The molecular weight excluding hydrogens is 166 g/mol. The summed E-state index contributed by atoms with van der Waals surface area (Å²) < 4.78 is 10.7. The molecule has 1 aliphatic rings. The van der Waals surface area contributed by atoms with Crippen molar-refractivity contribution < 1.29 is 9.15 Å². The minimum atomic E-state index is 0.386. The van der Waals surface area contributed by atoms with E-state index < -0.39 is 0 Å². The van der Waals surface area contributed by atoms with Crippen LogP contribution in [0.3, 0.4) is 0 Å². The van der Waals surface area contributed by atoms with Crippen LogP contribution in [0.5, 0.6) is 0 Å². The van der Waals surface area contributed by atoms with E-state index in [-0.39, 0.29) is 0 Å². The molecular formula is C10H13NO2. The van der Waals surface area contributed by atoms with Gasteiger partial charge < -0.3 is 9.15 Å². The Morgan fingerprint density at radius 2 is 2.62 bits per heavy atom. The van der Waals surface area contributed by atoms with Crippen molar-refractivity contribution in [2.24, 2.45) is 4.99 Å². The lowest BCUT2D eigenvalue weighted by atomic mass is 10.1. The fourth-order valence-electron chi connectivity index (χ4n) is 1.54. The average molecular weight is 179 g/mol. The Labute approximate surface area is 77.4 Å². The molecule has 70 valence electrons. The van der Waals surface area contributed by atoms with Crippen LogP contribution in [0.4, 0.5) is 0 Å². The molecule has 2 rings (SSSR count). The largest absolute Gasteiger partial charge is 0.481 e. The maximum Gasteiger partial charge on any atom is 0.183 e. The smallest absolute Gasteiger partial charge is 0.183 e. The van der Waals surface area contributed by atoms with Gasteiger partial charge in [-0.1, -0.05) is 0 Å². The predicted octanol–water partition coefficient (Wildman–Crippen LogP) is 2.20. The first kappa shape index (κ1) is 8.35. The van der Waals surface area contributed by atoms with Crippen molar-refractivity contribution in [1.82, 2.24) is 0 Å². The van der Waals surface area contributed by atoms with Gasteiger partial charge in [-0.05, 0) is 19.1 Å². The van der Waals surface area contributed by atoms with Crippen LogP contribution in [0, 0.1) is 0 Å². The molecule has 0 aliphatic carbocycles. The summed E-state index contributed by atoms with van der Waals surface area (Å²) in [6, 6.07) is 3.91. The number of furan rings is 1. The first-order valence-corrected chi connectivity index (χ1v) is 4.59. The lowest BCUT2D eigenvalue weighted by Crippen LogP contribution is -2.03. The molecule has 0 N–H and O–H groups in total. The number of nitrogens with zero attached hydrogens (tertiary/aromatic N) is 1. The molecule has 0 bridgehead atoms. The number of aliphatic imine (C=N–C) groups is 1. The minimum Gasteiger partial charge on any atom is -0.481 e. The van der Waals surface area contributed by atoms with Gasteiger partial charge in [-0.2, -0.15) is 0 Å². The third-order valence-corrected chi connectivity index (χ3v) is 2.17. The van der Waals surface area contributed by atoms with Crippen molar-refractivity contribution in [2.45, 2.75) is 19.3 Å². The second kappa shape index (κ2) is 3.64. The van der Waals surface area contributed by atoms with E-state index in [1.54, 1.807) is 6.26 Å². The van der Waals surface area contributed by atoms with Crippen molar-refractivity contribution in [2.75, 3.05) is 13.2 Å². The van der Waals surface area contributed by atoms with Gasteiger partial charge in [0.05, 0.1) is 19.4 Å². The first-order chi connectivity index (χ1) is 6.40. The van der Waals surface area contributed by atoms with Crippen molar-refractivity contribution in [3.8, 4) is 0 Å². The van der Waals surface area contributed by atoms with Gasteiger partial charge in [0, 0.05) is 12.3 Å². The summed E-state index contributed by atoms with van der Waals surface area (Å²) in [5.41, 5.74) is 0. The quantitative estimate of drug-likeness (QED) is 0.697. The fraction of sp³-hybridized carbons (Fsp3) is 0.500. The maximum atomic E-state index is 5.34. The lowest BCUT2D eigenvalue weighted by Gasteiger charge is -2.04. The van der Waals surface area contributed by atoms with E-state index in [1.165, 1.54) is 0 Å². The molecule has 0 aromatic carbocycles. The topological polar surface area (TPSA) is 34.7 Å². The number of hydrogen-bond acceptors (Lipinski definition) is 3. The average Bonchev–Trinajstić information content (AvgIpc) is 2.70. The van der Waals surface area contributed by atoms with Gasteiger partial charge >= 0.3 is 0 Å². The van der Waals surface area contributed by atoms with Gasteiger partial charge in [0.15, 0.2) is 5.90 Å². The molecule has 0 radical (unpaired) electrons. The van der Waals surface area contributed by atoms with Crippen LogP contribution >= 0.6 is 0 Å². The summed E-state index contributed by atoms with van der Waals surface area (Å²) in [6.45, 7) is 3.47. The molecule has 1 aromatic heterocycles. The summed E-state index contributed by atoms with van der Waals surface area (Å²) in [6.07, 6.45) is 2.58. The van der Waals surface area contributed by atoms with Gasteiger partial charge in [-0.15, -0.1) is 0 Å². The third-order valence-electron chi connectivity index (χ3n) is 2.17. The Morgan fingerprint density at radius 1 is 1.69 bits per heavy atom. The zero-order valence-electron chi connectivity index (χ0n) is 7.69. The standard InChI is InChI=1S/C10H13NO2/c1-2-12-10-6-8(7-11-10)9-4-3-5-13-9/h3-5,8H,2,6-7H2,1H3. The number of hydrogen-bond donors (Lipinski definition) is 0. The molecule has 0 fully saturated rings. The second-order valence-corrected chi connectivity index (χ2v) is 3.08. The summed E-state index contributed by atoms with van der Waals surface area (Å²) in [4.78, 5) is 4.30. The third kappa shape index (κ3) is 1.74. The van der Waals surface area contributed by atoms with Gasteiger partial charge in [0.1, 0.15) is 5.76 Å². The van der Waals surface area contributed by atoms with Gasteiger partial charge in [0.2, 0.25) is 0 Å². The van der Waals surface area contributed by atoms with Crippen LogP contribution in [0.25, 0.3) is 0 Å². The van der Waals surface area contributed by atoms with Gasteiger partial charge in [-0.25, -0.2) is 0 Å². The molecule has 0 amide bonds. The second-order valence-electron chi connectivity index (χ2n) is 3.08. The van der Waals surface area contributed by atoms with Crippen molar-refractivity contribution in [3.63, 3.8) is 0 Å². The van der Waals surface area contributed by atoms with Crippen molar-refractivity contribution in [3.05, 3.63) is 24.2 Å². The molecule has 0 saturated heterocycles. The van der Waals surface area contributed by atoms with Crippen LogP contribution in [-0.2, 0) is 4.74 Å². The highest BCUT2D eigenvalue weighted by molar-refractivity contribution is 5.78. The molecule has 0 saturated carbocycles. The molecule has 1 atom stereocenters. The molecule has 0 spiro atoms. The van der Waals surface area contributed by atoms with E-state index in [2.05, 4.69) is 4.99 Å². The minimum absolute atomic E-state index is 0.386. The zero-order chi connectivity index (χ0) is 9.10. The first-order valence-electron chi connectivity index (χ1n) is 4.59.